The summed E-state index contributed by atoms with van der Waals surface area (Å²) in [7, 11) is 1.37. The van der Waals surface area contributed by atoms with Crippen molar-refractivity contribution in [1.82, 2.24) is 29.6 Å². The van der Waals surface area contributed by atoms with Crippen LogP contribution in [0.3, 0.4) is 0 Å². The number of aromatic amines is 2. The SMILES string of the molecule is COC(=O)c1cc2ccccc2[nH]1.O=C(C(=O)N1CCN(C(=O)c2ccccc2)CC1)c1cc2ccccc2[nH]1.[C-]#[N+]CN1CCN(C(=O)c2ccccc2)CC1. The molecule has 0 unspecified atom stereocenters. The molecule has 2 N–H and O–H groups in total. The first-order chi connectivity index (χ1) is 27.7. The maximum Gasteiger partial charge on any atom is 0.354 e. The molecule has 0 saturated carbocycles. The van der Waals surface area contributed by atoms with Crippen LogP contribution in [0.5, 0.6) is 0 Å². The van der Waals surface area contributed by atoms with Crippen LogP contribution in [-0.4, -0.2) is 125 Å². The zero-order chi connectivity index (χ0) is 40.1. The molecule has 13 nitrogen and oxygen atoms in total. The Kier molecular flexibility index (Phi) is 13.2. The third-order valence-electron chi connectivity index (χ3n) is 9.73. The molecule has 2 fully saturated rings. The maximum absolute atomic E-state index is 12.6. The fourth-order valence-electron chi connectivity index (χ4n) is 6.58. The molecule has 13 heteroatoms. The molecule has 0 spiro atoms. The molecule has 0 aliphatic carbocycles. The van der Waals surface area contributed by atoms with E-state index in [-0.39, 0.29) is 17.8 Å². The number of methoxy groups -OCH3 is 1. The van der Waals surface area contributed by atoms with Gasteiger partial charge in [-0.2, -0.15) is 0 Å². The Morgan fingerprint density at radius 2 is 1.00 bits per heavy atom. The maximum atomic E-state index is 12.6. The Morgan fingerprint density at radius 1 is 0.579 bits per heavy atom. The van der Waals surface area contributed by atoms with E-state index in [1.165, 1.54) is 12.0 Å². The smallest absolute Gasteiger partial charge is 0.354 e. The second-order valence-electron chi connectivity index (χ2n) is 13.4. The van der Waals surface area contributed by atoms with Crippen LogP contribution in [0.1, 0.15) is 41.7 Å². The summed E-state index contributed by atoms with van der Waals surface area (Å²) in [6, 6.07) is 37.1. The van der Waals surface area contributed by atoms with Gasteiger partial charge in [0.05, 0.1) is 12.8 Å². The number of piperazine rings is 2. The summed E-state index contributed by atoms with van der Waals surface area (Å²) in [6.45, 7) is 11.8. The first-order valence-electron chi connectivity index (χ1n) is 18.6. The number of amides is 3. The molecule has 290 valence electrons. The number of nitrogens with zero attached hydrogens (tertiary/aromatic N) is 5. The van der Waals surface area contributed by atoms with Crippen molar-refractivity contribution >= 4 is 51.3 Å². The van der Waals surface area contributed by atoms with Gasteiger partial charge in [-0.1, -0.05) is 72.8 Å². The second kappa shape index (κ2) is 19.0. The van der Waals surface area contributed by atoms with E-state index in [1.54, 1.807) is 29.2 Å². The number of ketones is 1. The molecule has 2 aromatic heterocycles. The lowest BCUT2D eigenvalue weighted by molar-refractivity contribution is -0.127. The minimum absolute atomic E-state index is 0.0513. The average Bonchev–Trinajstić information content (AvgIpc) is 3.92. The van der Waals surface area contributed by atoms with Gasteiger partial charge < -0.3 is 29.4 Å². The van der Waals surface area contributed by atoms with Gasteiger partial charge in [0, 0.05) is 85.3 Å². The van der Waals surface area contributed by atoms with Gasteiger partial charge in [-0.3, -0.25) is 24.0 Å². The molecular formula is C44H43N7O6. The van der Waals surface area contributed by atoms with Crippen molar-refractivity contribution < 1.29 is 28.7 Å². The number of benzene rings is 4. The van der Waals surface area contributed by atoms with Crippen LogP contribution in [-0.2, 0) is 9.53 Å². The van der Waals surface area contributed by atoms with Crippen LogP contribution in [0.4, 0.5) is 0 Å². The van der Waals surface area contributed by atoms with Crippen molar-refractivity contribution in [2.75, 3.05) is 66.1 Å². The van der Waals surface area contributed by atoms with Gasteiger partial charge in [0.25, 0.3) is 30.2 Å². The van der Waals surface area contributed by atoms with Gasteiger partial charge in [0.15, 0.2) is 0 Å². The summed E-state index contributed by atoms with van der Waals surface area (Å²) in [4.78, 5) is 77.3. The predicted octanol–water partition coefficient (Wildman–Crippen LogP) is 5.61. The number of carbonyl (C=O) groups is 5. The lowest BCUT2D eigenvalue weighted by Crippen LogP contribution is -2.52. The average molecular weight is 766 g/mol. The van der Waals surface area contributed by atoms with Gasteiger partial charge in [-0.05, 0) is 48.5 Å². The number of fused-ring (bicyclic) bond motifs is 2. The van der Waals surface area contributed by atoms with E-state index >= 15 is 0 Å². The summed E-state index contributed by atoms with van der Waals surface area (Å²) >= 11 is 0. The highest BCUT2D eigenvalue weighted by atomic mass is 16.5. The van der Waals surface area contributed by atoms with Gasteiger partial charge in [0.1, 0.15) is 5.69 Å². The van der Waals surface area contributed by atoms with Gasteiger partial charge in [-0.15, -0.1) is 0 Å². The summed E-state index contributed by atoms with van der Waals surface area (Å²) in [6.07, 6.45) is 0. The molecule has 0 bridgehead atoms. The fourth-order valence-corrected chi connectivity index (χ4v) is 6.58. The molecule has 2 saturated heterocycles. The van der Waals surface area contributed by atoms with E-state index < -0.39 is 11.7 Å². The highest BCUT2D eigenvalue weighted by molar-refractivity contribution is 6.42. The molecule has 2 aliphatic heterocycles. The molecule has 57 heavy (non-hydrogen) atoms. The van der Waals surface area contributed by atoms with Crippen LogP contribution in [0, 0.1) is 6.57 Å². The second-order valence-corrected chi connectivity index (χ2v) is 13.4. The summed E-state index contributed by atoms with van der Waals surface area (Å²) < 4.78 is 4.60. The number of ether oxygens (including phenoxy) is 1. The van der Waals surface area contributed by atoms with Crippen molar-refractivity contribution in [2.45, 2.75) is 0 Å². The quantitative estimate of drug-likeness (QED) is 0.0972. The van der Waals surface area contributed by atoms with Crippen molar-refractivity contribution in [3.63, 3.8) is 0 Å². The van der Waals surface area contributed by atoms with Gasteiger partial charge >= 0.3 is 5.97 Å². The standard InChI is InChI=1S/C21H19N3O3.C13H15N3O.C10H9NO2/c25-19(18-14-16-8-4-5-9-17(16)22-18)21(27)24-12-10-23(11-13-24)20(26)15-6-2-1-3-7-15;1-14-11-15-7-9-16(10-8-15)13(17)12-5-3-2-4-6-12;1-13-10(12)9-6-7-4-2-3-5-8(7)11-9/h1-9,14,22H,10-13H2;2-6H,7-11H2;2-6,11H,1H3. The fraction of sp³-hybridized carbons (Fsp3) is 0.227. The zero-order valence-corrected chi connectivity index (χ0v) is 31.6. The molecule has 2 aliphatic rings. The Morgan fingerprint density at radius 3 is 1.47 bits per heavy atom. The van der Waals surface area contributed by atoms with Gasteiger partial charge in [0.2, 0.25) is 0 Å². The van der Waals surface area contributed by atoms with Crippen molar-refractivity contribution in [2.24, 2.45) is 0 Å². The van der Waals surface area contributed by atoms with E-state index in [2.05, 4.69) is 24.4 Å². The third kappa shape index (κ3) is 9.99. The first kappa shape index (κ1) is 39.6. The molecule has 4 heterocycles. The molecular weight excluding hydrogens is 723 g/mol. The number of rotatable bonds is 6. The van der Waals surface area contributed by atoms with Crippen molar-refractivity contribution in [3.05, 3.63) is 155 Å². The van der Waals surface area contributed by atoms with Crippen molar-refractivity contribution in [1.29, 1.82) is 0 Å². The van der Waals surface area contributed by atoms with Gasteiger partial charge in [-0.25, -0.2) is 16.3 Å². The minimum atomic E-state index is -0.547. The number of hydrogen-bond donors (Lipinski definition) is 2. The molecule has 4 aromatic carbocycles. The topological polar surface area (TPSA) is 143 Å². The lowest BCUT2D eigenvalue weighted by Gasteiger charge is -2.34. The number of para-hydroxylation sites is 2. The van der Waals surface area contributed by atoms with Crippen LogP contribution in [0.15, 0.2) is 121 Å². The Labute approximate surface area is 330 Å². The summed E-state index contributed by atoms with van der Waals surface area (Å²) in [5, 5.41) is 1.91. The first-order valence-corrected chi connectivity index (χ1v) is 18.6. The molecule has 8 rings (SSSR count). The molecule has 3 amide bonds. The number of Topliss-reactive ketones (excluding diaryl/α,β-unsaturated/α-hetero) is 1. The number of H-pyrrole nitrogens is 2. The molecule has 6 aromatic rings. The normalized spacial score (nSPS) is 14.1. The molecule has 0 radical (unpaired) electrons. The minimum Gasteiger partial charge on any atom is -0.464 e. The summed E-state index contributed by atoms with van der Waals surface area (Å²) in [5.74, 6) is -1.38. The number of nitrogens with one attached hydrogen (secondary N) is 2. The highest BCUT2D eigenvalue weighted by Crippen LogP contribution is 2.17. The molecule has 0 atom stereocenters. The van der Waals surface area contributed by atoms with Crippen LogP contribution in [0.25, 0.3) is 26.7 Å². The lowest BCUT2D eigenvalue weighted by atomic mass is 10.1. The predicted molar refractivity (Wildman–Crippen MR) is 217 cm³/mol. The van der Waals surface area contributed by atoms with Crippen molar-refractivity contribution in [3.8, 4) is 0 Å². The van der Waals surface area contributed by atoms with E-state index in [9.17, 15) is 24.0 Å². The highest BCUT2D eigenvalue weighted by Gasteiger charge is 2.29. The van der Waals surface area contributed by atoms with E-state index in [4.69, 9.17) is 6.57 Å². The monoisotopic (exact) mass is 765 g/mol. The number of esters is 1. The zero-order valence-electron chi connectivity index (χ0n) is 31.6. The summed E-state index contributed by atoms with van der Waals surface area (Å²) in [5.41, 5.74) is 3.93. The van der Waals surface area contributed by atoms with Crippen LogP contribution >= 0.6 is 0 Å². The number of aromatic nitrogens is 2. The van der Waals surface area contributed by atoms with Crippen LogP contribution < -0.4 is 0 Å². The number of carbonyl (C=O) groups excluding carboxylic acids is 5. The Bertz CT molecular complexity index is 2300. The Balaban J connectivity index is 0.000000157. The van der Waals surface area contributed by atoms with E-state index in [0.717, 1.165) is 40.5 Å². The Hall–Kier alpha value is -7.04. The van der Waals surface area contributed by atoms with Crippen LogP contribution in [0.2, 0.25) is 0 Å². The van der Waals surface area contributed by atoms with E-state index in [0.29, 0.717) is 62.9 Å². The third-order valence-corrected chi connectivity index (χ3v) is 9.73. The largest absolute Gasteiger partial charge is 0.464 e. The van der Waals surface area contributed by atoms with E-state index in [1.807, 2.05) is 102 Å². The number of hydrogen-bond acceptors (Lipinski definition) is 7.